The number of esters is 1. The van der Waals surface area contributed by atoms with Crippen molar-refractivity contribution in [1.29, 1.82) is 0 Å². The summed E-state index contributed by atoms with van der Waals surface area (Å²) in [5, 5.41) is 9.84. The van der Waals surface area contributed by atoms with E-state index in [1.165, 1.54) is 13.0 Å². The van der Waals surface area contributed by atoms with E-state index in [4.69, 9.17) is 16.3 Å². The SMILES string of the molecule is Cc1nn(Cc2ccccc2Cl)c(C)c1/C=C/C(=O)OC(C)C(=O)NC(=O)Nc1ccccc1. The fraction of sp³-hybridized carbons (Fsp3) is 0.200. The molecule has 2 N–H and O–H groups in total. The Morgan fingerprint density at radius 3 is 2.47 bits per heavy atom. The Labute approximate surface area is 202 Å². The lowest BCUT2D eigenvalue weighted by atomic mass is 10.1. The van der Waals surface area contributed by atoms with Crippen molar-refractivity contribution >= 4 is 41.3 Å². The molecule has 0 saturated heterocycles. The zero-order chi connectivity index (χ0) is 24.7. The molecule has 0 spiro atoms. The molecule has 0 bridgehead atoms. The molecule has 1 unspecified atom stereocenters. The number of carbonyl (C=O) groups excluding carboxylic acids is 3. The summed E-state index contributed by atoms with van der Waals surface area (Å²) in [4.78, 5) is 36.3. The molecule has 0 aliphatic rings. The first-order valence-electron chi connectivity index (χ1n) is 10.6. The zero-order valence-electron chi connectivity index (χ0n) is 19.0. The fourth-order valence-electron chi connectivity index (χ4n) is 3.21. The minimum absolute atomic E-state index is 0.493. The van der Waals surface area contributed by atoms with Crippen molar-refractivity contribution < 1.29 is 19.1 Å². The van der Waals surface area contributed by atoms with Gasteiger partial charge in [-0.1, -0.05) is 48.0 Å². The van der Waals surface area contributed by atoms with E-state index in [0.717, 1.165) is 22.5 Å². The highest BCUT2D eigenvalue weighted by molar-refractivity contribution is 6.31. The number of urea groups is 1. The van der Waals surface area contributed by atoms with Crippen molar-refractivity contribution in [2.45, 2.75) is 33.4 Å². The zero-order valence-corrected chi connectivity index (χ0v) is 19.8. The van der Waals surface area contributed by atoms with Crippen LogP contribution in [0.4, 0.5) is 10.5 Å². The molecule has 0 radical (unpaired) electrons. The summed E-state index contributed by atoms with van der Waals surface area (Å²) in [6, 6.07) is 15.5. The molecular formula is C25H25ClN4O4. The van der Waals surface area contributed by atoms with Gasteiger partial charge in [0.2, 0.25) is 0 Å². The fourth-order valence-corrected chi connectivity index (χ4v) is 3.41. The van der Waals surface area contributed by atoms with Gasteiger partial charge in [0.05, 0.1) is 12.2 Å². The van der Waals surface area contributed by atoms with E-state index in [9.17, 15) is 14.4 Å². The lowest BCUT2D eigenvalue weighted by molar-refractivity contribution is -0.149. The molecule has 0 aliphatic carbocycles. The van der Waals surface area contributed by atoms with Crippen LogP contribution in [0.5, 0.6) is 0 Å². The van der Waals surface area contributed by atoms with Crippen LogP contribution >= 0.6 is 11.6 Å². The lowest BCUT2D eigenvalue weighted by Gasteiger charge is -2.12. The van der Waals surface area contributed by atoms with E-state index in [2.05, 4.69) is 15.7 Å². The minimum Gasteiger partial charge on any atom is -0.449 e. The number of aromatic nitrogens is 2. The third-order valence-electron chi connectivity index (χ3n) is 5.03. The highest BCUT2D eigenvalue weighted by Crippen LogP contribution is 2.20. The van der Waals surface area contributed by atoms with Gasteiger partial charge in [-0.3, -0.25) is 14.8 Å². The molecule has 0 aliphatic heterocycles. The summed E-state index contributed by atoms with van der Waals surface area (Å²) in [5.41, 5.74) is 3.81. The second kappa shape index (κ2) is 11.3. The average Bonchev–Trinajstić information content (AvgIpc) is 3.06. The van der Waals surface area contributed by atoms with Gasteiger partial charge in [0, 0.05) is 28.0 Å². The van der Waals surface area contributed by atoms with Gasteiger partial charge in [-0.15, -0.1) is 0 Å². The molecule has 176 valence electrons. The topological polar surface area (TPSA) is 102 Å². The van der Waals surface area contributed by atoms with Gasteiger partial charge in [0.15, 0.2) is 6.10 Å². The number of anilines is 1. The first kappa shape index (κ1) is 24.7. The first-order valence-corrected chi connectivity index (χ1v) is 11.0. The predicted molar refractivity (Wildman–Crippen MR) is 130 cm³/mol. The summed E-state index contributed by atoms with van der Waals surface area (Å²) < 4.78 is 6.93. The van der Waals surface area contributed by atoms with Crippen LogP contribution in [-0.4, -0.2) is 33.8 Å². The van der Waals surface area contributed by atoms with E-state index in [0.29, 0.717) is 17.3 Å². The molecule has 3 amide bonds. The Bertz CT molecular complexity index is 1220. The molecule has 0 saturated carbocycles. The van der Waals surface area contributed by atoms with Gasteiger partial charge < -0.3 is 10.1 Å². The third kappa shape index (κ3) is 6.55. The van der Waals surface area contributed by atoms with Crippen LogP contribution in [-0.2, 0) is 20.9 Å². The molecule has 0 fully saturated rings. The molecule has 8 nitrogen and oxygen atoms in total. The van der Waals surface area contributed by atoms with E-state index in [1.807, 2.05) is 42.8 Å². The van der Waals surface area contributed by atoms with Crippen molar-refractivity contribution in [1.82, 2.24) is 15.1 Å². The molecule has 1 aromatic heterocycles. The number of carbonyl (C=O) groups is 3. The monoisotopic (exact) mass is 480 g/mol. The number of amides is 3. The van der Waals surface area contributed by atoms with Crippen LogP contribution in [0.15, 0.2) is 60.7 Å². The normalized spacial score (nSPS) is 11.8. The number of aryl methyl sites for hydroxylation is 1. The molecule has 3 rings (SSSR count). The highest BCUT2D eigenvalue weighted by atomic mass is 35.5. The van der Waals surface area contributed by atoms with Gasteiger partial charge in [-0.2, -0.15) is 5.10 Å². The number of imide groups is 1. The Hall–Kier alpha value is -3.91. The Morgan fingerprint density at radius 1 is 1.09 bits per heavy atom. The smallest absolute Gasteiger partial charge is 0.331 e. The first-order chi connectivity index (χ1) is 16.2. The van der Waals surface area contributed by atoms with Gasteiger partial charge >= 0.3 is 12.0 Å². The number of para-hydroxylation sites is 1. The number of nitrogens with one attached hydrogen (secondary N) is 2. The van der Waals surface area contributed by atoms with Crippen LogP contribution in [0, 0.1) is 13.8 Å². The van der Waals surface area contributed by atoms with Crippen LogP contribution in [0.1, 0.15) is 29.4 Å². The molecule has 9 heteroatoms. The summed E-state index contributed by atoms with van der Waals surface area (Å²) in [6.45, 7) is 5.60. The molecular weight excluding hydrogens is 456 g/mol. The highest BCUT2D eigenvalue weighted by Gasteiger charge is 2.19. The van der Waals surface area contributed by atoms with Crippen LogP contribution in [0.3, 0.4) is 0 Å². The maximum absolute atomic E-state index is 12.2. The van der Waals surface area contributed by atoms with Crippen molar-refractivity contribution in [2.75, 3.05) is 5.32 Å². The van der Waals surface area contributed by atoms with E-state index < -0.39 is 24.0 Å². The second-order valence-corrected chi connectivity index (χ2v) is 7.96. The Kier molecular flexibility index (Phi) is 8.21. The maximum atomic E-state index is 12.2. The summed E-state index contributed by atoms with van der Waals surface area (Å²) in [5.74, 6) is -1.46. The Balaban J connectivity index is 1.57. The van der Waals surface area contributed by atoms with Gasteiger partial charge in [0.25, 0.3) is 5.91 Å². The largest absolute Gasteiger partial charge is 0.449 e. The van der Waals surface area contributed by atoms with E-state index in [1.54, 1.807) is 36.4 Å². The number of nitrogens with zero attached hydrogens (tertiary/aromatic N) is 2. The number of halogens is 1. The molecule has 1 atom stereocenters. The van der Waals surface area contributed by atoms with Crippen LogP contribution < -0.4 is 10.6 Å². The average molecular weight is 481 g/mol. The number of benzene rings is 2. The summed E-state index contributed by atoms with van der Waals surface area (Å²) in [6.07, 6.45) is 1.66. The minimum atomic E-state index is -1.16. The van der Waals surface area contributed by atoms with E-state index in [-0.39, 0.29) is 0 Å². The quantitative estimate of drug-likeness (QED) is 0.383. The van der Waals surface area contributed by atoms with Crippen molar-refractivity contribution in [3.8, 4) is 0 Å². The van der Waals surface area contributed by atoms with Gasteiger partial charge in [-0.05, 0) is 50.6 Å². The standard InChI is InChI=1S/C25H25ClN4O4/c1-16-21(17(2)30(29-16)15-19-9-7-8-12-22(19)26)13-14-23(31)34-18(3)24(32)28-25(33)27-20-10-5-4-6-11-20/h4-14,18H,15H2,1-3H3,(H2,27,28,32,33)/b14-13+. The molecule has 34 heavy (non-hydrogen) atoms. The summed E-state index contributed by atoms with van der Waals surface area (Å²) in [7, 11) is 0. The number of ether oxygens (including phenoxy) is 1. The van der Waals surface area contributed by atoms with Gasteiger partial charge in [-0.25, -0.2) is 9.59 Å². The lowest BCUT2D eigenvalue weighted by Crippen LogP contribution is -2.41. The predicted octanol–water partition coefficient (Wildman–Crippen LogP) is 4.49. The van der Waals surface area contributed by atoms with Crippen molar-refractivity contribution in [2.24, 2.45) is 0 Å². The number of hydrogen-bond donors (Lipinski definition) is 2. The number of hydrogen-bond acceptors (Lipinski definition) is 5. The summed E-state index contributed by atoms with van der Waals surface area (Å²) >= 11 is 6.25. The van der Waals surface area contributed by atoms with Crippen LogP contribution in [0.25, 0.3) is 6.08 Å². The van der Waals surface area contributed by atoms with Crippen molar-refractivity contribution in [3.63, 3.8) is 0 Å². The van der Waals surface area contributed by atoms with Crippen molar-refractivity contribution in [3.05, 3.63) is 88.2 Å². The molecule has 1 heterocycles. The van der Waals surface area contributed by atoms with Crippen LogP contribution in [0.2, 0.25) is 5.02 Å². The third-order valence-corrected chi connectivity index (χ3v) is 5.40. The molecule has 2 aromatic carbocycles. The van der Waals surface area contributed by atoms with E-state index >= 15 is 0 Å². The Morgan fingerprint density at radius 2 is 1.76 bits per heavy atom. The molecule has 3 aromatic rings. The maximum Gasteiger partial charge on any atom is 0.331 e. The number of rotatable bonds is 7. The second-order valence-electron chi connectivity index (χ2n) is 7.56. The van der Waals surface area contributed by atoms with Gasteiger partial charge in [0.1, 0.15) is 0 Å².